The van der Waals surface area contributed by atoms with Gasteiger partial charge in [0.1, 0.15) is 23.5 Å². The van der Waals surface area contributed by atoms with Gasteiger partial charge < -0.3 is 29.1 Å². The number of amides is 2. The van der Waals surface area contributed by atoms with Crippen LogP contribution in [0.3, 0.4) is 0 Å². The highest BCUT2D eigenvalue weighted by Gasteiger charge is 2.53. The lowest BCUT2D eigenvalue weighted by atomic mass is 9.72. The number of halogens is 1. The summed E-state index contributed by atoms with van der Waals surface area (Å²) in [6, 6.07) is 3.86. The van der Waals surface area contributed by atoms with E-state index in [1.807, 2.05) is 48.5 Å². The zero-order valence-corrected chi connectivity index (χ0v) is 35.6. The second kappa shape index (κ2) is 15.9. The number of carbonyl (C=O) groups excluding carboxylic acids is 2. The van der Waals surface area contributed by atoms with Crippen LogP contribution < -0.4 is 9.64 Å². The molecule has 314 valence electrons. The minimum atomic E-state index is -3.51. The first-order valence-corrected chi connectivity index (χ1v) is 22.1. The molecule has 1 aromatic heterocycles. The number of rotatable bonds is 10. The third-order valence-corrected chi connectivity index (χ3v) is 14.5. The van der Waals surface area contributed by atoms with E-state index in [4.69, 9.17) is 9.47 Å². The second-order valence-electron chi connectivity index (χ2n) is 18.8. The highest BCUT2D eigenvalue weighted by Crippen LogP contribution is 2.46. The maximum atomic E-state index is 14.5. The fraction of sp³-hybridized carbons (Fsp3) is 0.707. The quantitative estimate of drug-likeness (QED) is 0.305. The Labute approximate surface area is 337 Å². The van der Waals surface area contributed by atoms with E-state index < -0.39 is 21.6 Å². The highest BCUT2D eigenvalue weighted by atomic mass is 32.2. The average Bonchev–Trinajstić information content (AvgIpc) is 3.58. The van der Waals surface area contributed by atoms with E-state index in [1.54, 1.807) is 24.6 Å². The average molecular weight is 813 g/mol. The molecule has 14 nitrogen and oxygen atoms in total. The minimum Gasteiger partial charge on any atom is -0.451 e. The van der Waals surface area contributed by atoms with Gasteiger partial charge in [-0.3, -0.25) is 4.79 Å². The zero-order valence-electron chi connectivity index (χ0n) is 34.7. The van der Waals surface area contributed by atoms with Gasteiger partial charge in [0, 0.05) is 89.5 Å². The highest BCUT2D eigenvalue weighted by molar-refractivity contribution is 7.86. The van der Waals surface area contributed by atoms with Crippen LogP contribution in [0.4, 0.5) is 15.0 Å². The first kappa shape index (κ1) is 41.6. The maximum absolute atomic E-state index is 14.5. The van der Waals surface area contributed by atoms with Gasteiger partial charge in [-0.1, -0.05) is 0 Å². The zero-order chi connectivity index (χ0) is 40.9. The standard InChI is InChI=1S/C41H61FN8O6S/c1-29(2)50(30(3)4)37(51)33-20-32(42)8-9-34(33)55-35-21-43-28-44-36(35)47-15-10-31(23-47)22-45-24-40(25-45)13-18-48(19-14-40)57(53,54)49-26-41(27-49)11-16-46(17-12-41)38(52)56-39(5,6)7/h8-9,20-21,28-31H,10-19,22-27H2,1-7H3/t31-/m0/s1. The van der Waals surface area contributed by atoms with Gasteiger partial charge in [0.15, 0.2) is 11.6 Å². The molecule has 0 aliphatic carbocycles. The maximum Gasteiger partial charge on any atom is 0.410 e. The molecule has 5 saturated heterocycles. The van der Waals surface area contributed by atoms with Crippen molar-refractivity contribution in [2.24, 2.45) is 16.7 Å². The van der Waals surface area contributed by atoms with E-state index in [0.29, 0.717) is 56.8 Å². The van der Waals surface area contributed by atoms with E-state index in [9.17, 15) is 22.4 Å². The third kappa shape index (κ3) is 8.88. The molecule has 1 aromatic carbocycles. The Morgan fingerprint density at radius 1 is 0.912 bits per heavy atom. The van der Waals surface area contributed by atoms with Gasteiger partial charge in [-0.05, 0) is 110 Å². The molecule has 5 fully saturated rings. The summed E-state index contributed by atoms with van der Waals surface area (Å²) < 4.78 is 56.9. The van der Waals surface area contributed by atoms with Gasteiger partial charge >= 0.3 is 6.09 Å². The van der Waals surface area contributed by atoms with Crippen LogP contribution in [0.5, 0.6) is 11.5 Å². The molecule has 0 saturated carbocycles. The van der Waals surface area contributed by atoms with Crippen molar-refractivity contribution in [1.29, 1.82) is 0 Å². The number of benzene rings is 1. The van der Waals surface area contributed by atoms with Crippen LogP contribution in [0.1, 0.15) is 90.9 Å². The topological polar surface area (TPSA) is 132 Å². The third-order valence-electron chi connectivity index (χ3n) is 12.6. The van der Waals surface area contributed by atoms with Crippen LogP contribution in [-0.4, -0.2) is 143 Å². The van der Waals surface area contributed by atoms with Crippen molar-refractivity contribution in [1.82, 2.24) is 33.3 Å². The molecule has 5 aliphatic rings. The minimum absolute atomic E-state index is 0.0511. The van der Waals surface area contributed by atoms with Crippen molar-refractivity contribution >= 4 is 28.0 Å². The molecule has 5 aliphatic heterocycles. The summed E-state index contributed by atoms with van der Waals surface area (Å²) in [5, 5.41) is 0. The molecule has 6 heterocycles. The summed E-state index contributed by atoms with van der Waals surface area (Å²) in [5.74, 6) is 0.941. The van der Waals surface area contributed by atoms with Crippen LogP contribution in [0.2, 0.25) is 0 Å². The summed E-state index contributed by atoms with van der Waals surface area (Å²) in [5.41, 5.74) is -0.270. The Hall–Kier alpha value is -3.60. The Morgan fingerprint density at radius 2 is 1.54 bits per heavy atom. The smallest absolute Gasteiger partial charge is 0.410 e. The molecule has 7 rings (SSSR count). The number of carbonyl (C=O) groups is 2. The summed E-state index contributed by atoms with van der Waals surface area (Å²) >= 11 is 0. The summed E-state index contributed by atoms with van der Waals surface area (Å²) in [7, 11) is -3.51. The number of anilines is 1. The largest absolute Gasteiger partial charge is 0.451 e. The Kier molecular flexibility index (Phi) is 11.6. The van der Waals surface area contributed by atoms with Gasteiger partial charge in [0.2, 0.25) is 0 Å². The first-order chi connectivity index (χ1) is 26.9. The van der Waals surface area contributed by atoms with Crippen LogP contribution >= 0.6 is 0 Å². The van der Waals surface area contributed by atoms with E-state index in [2.05, 4.69) is 19.8 Å². The molecule has 2 amide bonds. The van der Waals surface area contributed by atoms with Crippen molar-refractivity contribution in [3.05, 3.63) is 42.1 Å². The lowest BCUT2D eigenvalue weighted by molar-refractivity contribution is -0.0445. The number of nitrogens with zero attached hydrogens (tertiary/aromatic N) is 8. The molecule has 0 bridgehead atoms. The van der Waals surface area contributed by atoms with Crippen molar-refractivity contribution in [2.75, 3.05) is 76.9 Å². The second-order valence-corrected chi connectivity index (χ2v) is 20.7. The van der Waals surface area contributed by atoms with Crippen LogP contribution in [-0.2, 0) is 14.9 Å². The normalized spacial score (nSPS) is 22.9. The SMILES string of the molecule is CC(C)N(C(=O)c1cc(F)ccc1Oc1cncnc1N1CC[C@@H](CN2CC3(CCN(S(=O)(=O)N4CC5(CCN(C(=O)OC(C)(C)C)CC5)C4)CC3)C2)C1)C(C)C. The Balaban J connectivity index is 0.876. The molecular weight excluding hydrogens is 752 g/mol. The number of likely N-dealkylation sites (tertiary alicyclic amines) is 2. The number of piperidine rings is 2. The Morgan fingerprint density at radius 3 is 2.18 bits per heavy atom. The Bertz CT molecular complexity index is 1880. The molecule has 0 radical (unpaired) electrons. The molecule has 0 N–H and O–H groups in total. The van der Waals surface area contributed by atoms with Crippen LogP contribution in [0.15, 0.2) is 30.7 Å². The number of ether oxygens (including phenoxy) is 2. The summed E-state index contributed by atoms with van der Waals surface area (Å²) in [4.78, 5) is 43.1. The van der Waals surface area contributed by atoms with Crippen molar-refractivity contribution < 1.29 is 31.9 Å². The molecule has 57 heavy (non-hydrogen) atoms. The van der Waals surface area contributed by atoms with Crippen LogP contribution in [0.25, 0.3) is 0 Å². The molecule has 16 heteroatoms. The fourth-order valence-electron chi connectivity index (χ4n) is 9.61. The van der Waals surface area contributed by atoms with Gasteiger partial charge in [-0.15, -0.1) is 0 Å². The van der Waals surface area contributed by atoms with E-state index in [1.165, 1.54) is 24.5 Å². The van der Waals surface area contributed by atoms with Crippen molar-refractivity contribution in [3.8, 4) is 11.5 Å². The molecule has 0 unspecified atom stereocenters. The predicted octanol–water partition coefficient (Wildman–Crippen LogP) is 5.47. The van der Waals surface area contributed by atoms with Crippen LogP contribution in [0, 0.1) is 22.6 Å². The van der Waals surface area contributed by atoms with Gasteiger partial charge in [0.05, 0.1) is 11.8 Å². The molecular formula is C41H61FN8O6S. The molecule has 2 spiro atoms. The van der Waals surface area contributed by atoms with E-state index in [-0.39, 0.29) is 46.2 Å². The van der Waals surface area contributed by atoms with Gasteiger partial charge in [0.25, 0.3) is 16.1 Å². The summed E-state index contributed by atoms with van der Waals surface area (Å²) in [6.45, 7) is 21.2. The lowest BCUT2D eigenvalue weighted by Crippen LogP contribution is -2.66. The monoisotopic (exact) mass is 812 g/mol. The number of hydrogen-bond acceptors (Lipinski definition) is 10. The van der Waals surface area contributed by atoms with E-state index in [0.717, 1.165) is 64.8 Å². The van der Waals surface area contributed by atoms with Gasteiger partial charge in [-0.25, -0.2) is 19.2 Å². The van der Waals surface area contributed by atoms with E-state index >= 15 is 0 Å². The fourth-order valence-corrected chi connectivity index (χ4v) is 11.5. The summed E-state index contributed by atoms with van der Waals surface area (Å²) in [6.07, 6.45) is 7.11. The van der Waals surface area contributed by atoms with Crippen molar-refractivity contribution in [2.45, 2.75) is 98.3 Å². The van der Waals surface area contributed by atoms with Crippen molar-refractivity contribution in [3.63, 3.8) is 0 Å². The van der Waals surface area contributed by atoms with Gasteiger partial charge in [-0.2, -0.15) is 17.0 Å². The lowest BCUT2D eigenvalue weighted by Gasteiger charge is -2.56. The molecule has 1 atom stereocenters. The molecule has 2 aromatic rings. The number of hydrogen-bond donors (Lipinski definition) is 0. The number of aromatic nitrogens is 2. The first-order valence-electron chi connectivity index (χ1n) is 20.7. The predicted molar refractivity (Wildman–Crippen MR) is 215 cm³/mol.